The largest absolute Gasteiger partial charge is 0.337 e. The summed E-state index contributed by atoms with van der Waals surface area (Å²) >= 11 is 1.71. The summed E-state index contributed by atoms with van der Waals surface area (Å²) in [6.45, 7) is 2.14. The number of urea groups is 1. The molecule has 0 aromatic heterocycles. The molecule has 0 saturated heterocycles. The topological polar surface area (TPSA) is 35.6 Å². The van der Waals surface area contributed by atoms with Gasteiger partial charge in [-0.15, -0.1) is 11.8 Å². The molecular formula is C14H23N3OS. The molecule has 0 spiro atoms. The van der Waals surface area contributed by atoms with E-state index < -0.39 is 0 Å². The third kappa shape index (κ3) is 5.98. The van der Waals surface area contributed by atoms with Crippen LogP contribution in [0.2, 0.25) is 0 Å². The minimum atomic E-state index is -0.0311. The Bertz CT molecular complexity index is 409. The molecule has 0 atom stereocenters. The van der Waals surface area contributed by atoms with E-state index in [-0.39, 0.29) is 6.03 Å². The van der Waals surface area contributed by atoms with Gasteiger partial charge in [-0.3, -0.25) is 0 Å². The van der Waals surface area contributed by atoms with Gasteiger partial charge < -0.3 is 15.1 Å². The van der Waals surface area contributed by atoms with Crippen molar-refractivity contribution in [3.8, 4) is 0 Å². The predicted octanol–water partition coefficient (Wildman–Crippen LogP) is 2.11. The van der Waals surface area contributed by atoms with E-state index in [9.17, 15) is 4.79 Å². The molecule has 19 heavy (non-hydrogen) atoms. The van der Waals surface area contributed by atoms with E-state index in [0.717, 1.165) is 12.1 Å². The van der Waals surface area contributed by atoms with Crippen LogP contribution in [0.3, 0.4) is 0 Å². The highest BCUT2D eigenvalue weighted by Crippen LogP contribution is 2.16. The Kier molecular flexibility index (Phi) is 6.73. The SMILES string of the molecule is CSc1cccc(CN(C)C(=O)NCCN(C)C)c1. The van der Waals surface area contributed by atoms with Gasteiger partial charge in [-0.1, -0.05) is 12.1 Å². The van der Waals surface area contributed by atoms with Crippen LogP contribution in [0.5, 0.6) is 0 Å². The molecule has 1 aromatic carbocycles. The molecule has 4 nitrogen and oxygen atoms in total. The number of carbonyl (C=O) groups is 1. The smallest absolute Gasteiger partial charge is 0.317 e. The molecule has 0 bridgehead atoms. The molecule has 0 heterocycles. The number of thioether (sulfide) groups is 1. The Labute approximate surface area is 120 Å². The second kappa shape index (κ2) is 8.07. The molecule has 0 unspecified atom stereocenters. The first-order valence-corrected chi connectivity index (χ1v) is 7.52. The molecule has 2 amide bonds. The second-order valence-electron chi connectivity index (χ2n) is 4.74. The average Bonchev–Trinajstić information content (AvgIpc) is 2.38. The third-order valence-corrected chi connectivity index (χ3v) is 3.46. The zero-order chi connectivity index (χ0) is 14.3. The number of nitrogens with one attached hydrogen (secondary N) is 1. The summed E-state index contributed by atoms with van der Waals surface area (Å²) in [6, 6.07) is 8.23. The fraction of sp³-hybridized carbons (Fsp3) is 0.500. The van der Waals surface area contributed by atoms with Gasteiger partial charge in [0.05, 0.1) is 0 Å². The lowest BCUT2D eigenvalue weighted by molar-refractivity contribution is 0.205. The number of rotatable bonds is 6. The number of hydrogen-bond donors (Lipinski definition) is 1. The van der Waals surface area contributed by atoms with Gasteiger partial charge >= 0.3 is 6.03 Å². The molecule has 0 aliphatic carbocycles. The highest BCUT2D eigenvalue weighted by molar-refractivity contribution is 7.98. The van der Waals surface area contributed by atoms with Crippen LogP contribution in [0, 0.1) is 0 Å². The van der Waals surface area contributed by atoms with Gasteiger partial charge in [-0.2, -0.15) is 0 Å². The highest BCUT2D eigenvalue weighted by atomic mass is 32.2. The quantitative estimate of drug-likeness (QED) is 0.811. The Morgan fingerprint density at radius 2 is 2.05 bits per heavy atom. The molecule has 0 radical (unpaired) electrons. The molecule has 0 aliphatic heterocycles. The standard InChI is InChI=1S/C14H23N3OS/c1-16(2)9-8-15-14(18)17(3)11-12-6-5-7-13(10-12)19-4/h5-7,10H,8-9,11H2,1-4H3,(H,15,18). The molecule has 0 aliphatic rings. The third-order valence-electron chi connectivity index (χ3n) is 2.74. The molecule has 0 fully saturated rings. The van der Waals surface area contributed by atoms with E-state index in [1.807, 2.05) is 38.2 Å². The van der Waals surface area contributed by atoms with Gasteiger partial charge in [0.15, 0.2) is 0 Å². The van der Waals surface area contributed by atoms with Gasteiger partial charge in [-0.25, -0.2) is 4.79 Å². The van der Waals surface area contributed by atoms with Crippen LogP contribution in [-0.2, 0) is 6.54 Å². The van der Waals surface area contributed by atoms with Crippen molar-refractivity contribution in [2.75, 3.05) is 40.5 Å². The fourth-order valence-electron chi connectivity index (χ4n) is 1.64. The lowest BCUT2D eigenvalue weighted by Gasteiger charge is -2.19. The van der Waals surface area contributed by atoms with Gasteiger partial charge in [-0.05, 0) is 38.0 Å². The van der Waals surface area contributed by atoms with E-state index in [1.54, 1.807) is 16.7 Å². The van der Waals surface area contributed by atoms with Gasteiger partial charge in [0.25, 0.3) is 0 Å². The lowest BCUT2D eigenvalue weighted by atomic mass is 10.2. The highest BCUT2D eigenvalue weighted by Gasteiger charge is 2.08. The number of carbonyl (C=O) groups excluding carboxylic acids is 1. The van der Waals surface area contributed by atoms with Crippen molar-refractivity contribution in [2.24, 2.45) is 0 Å². The zero-order valence-corrected chi connectivity index (χ0v) is 13.0. The monoisotopic (exact) mass is 281 g/mol. The van der Waals surface area contributed by atoms with Crippen LogP contribution in [0.25, 0.3) is 0 Å². The van der Waals surface area contributed by atoms with Crippen LogP contribution >= 0.6 is 11.8 Å². The predicted molar refractivity (Wildman–Crippen MR) is 81.6 cm³/mol. The van der Waals surface area contributed by atoms with Crippen molar-refractivity contribution >= 4 is 17.8 Å². The Morgan fingerprint density at radius 1 is 1.32 bits per heavy atom. The van der Waals surface area contributed by atoms with Crippen molar-refractivity contribution in [3.63, 3.8) is 0 Å². The van der Waals surface area contributed by atoms with E-state index >= 15 is 0 Å². The van der Waals surface area contributed by atoms with E-state index in [1.165, 1.54) is 4.90 Å². The number of nitrogens with zero attached hydrogens (tertiary/aromatic N) is 2. The molecule has 1 rings (SSSR count). The average molecular weight is 281 g/mol. The summed E-state index contributed by atoms with van der Waals surface area (Å²) < 4.78 is 0. The van der Waals surface area contributed by atoms with Gasteiger partial charge in [0.2, 0.25) is 0 Å². The summed E-state index contributed by atoms with van der Waals surface area (Å²) in [4.78, 5) is 16.8. The van der Waals surface area contributed by atoms with E-state index in [2.05, 4.69) is 23.7 Å². The molecule has 5 heteroatoms. The minimum absolute atomic E-state index is 0.0311. The molecule has 1 N–H and O–H groups in total. The van der Waals surface area contributed by atoms with Crippen molar-refractivity contribution in [3.05, 3.63) is 29.8 Å². The Morgan fingerprint density at radius 3 is 2.68 bits per heavy atom. The minimum Gasteiger partial charge on any atom is -0.337 e. The number of hydrogen-bond acceptors (Lipinski definition) is 3. The van der Waals surface area contributed by atoms with E-state index in [4.69, 9.17) is 0 Å². The Hall–Kier alpha value is -1.20. The molecular weight excluding hydrogens is 258 g/mol. The van der Waals surface area contributed by atoms with Crippen molar-refractivity contribution in [2.45, 2.75) is 11.4 Å². The van der Waals surface area contributed by atoms with E-state index in [0.29, 0.717) is 13.1 Å². The number of benzene rings is 1. The number of likely N-dealkylation sites (N-methyl/N-ethyl adjacent to an activating group) is 1. The van der Waals surface area contributed by atoms with Crippen LogP contribution in [0.4, 0.5) is 4.79 Å². The summed E-state index contributed by atoms with van der Waals surface area (Å²) in [6.07, 6.45) is 2.05. The molecule has 106 valence electrons. The van der Waals surface area contributed by atoms with Crippen LogP contribution in [0.1, 0.15) is 5.56 Å². The molecule has 1 aromatic rings. The van der Waals surface area contributed by atoms with Crippen molar-refractivity contribution in [1.82, 2.24) is 15.1 Å². The Balaban J connectivity index is 2.44. The first-order valence-electron chi connectivity index (χ1n) is 6.29. The molecule has 0 saturated carbocycles. The zero-order valence-electron chi connectivity index (χ0n) is 12.1. The van der Waals surface area contributed by atoms with Gasteiger partial charge in [0.1, 0.15) is 0 Å². The van der Waals surface area contributed by atoms with Crippen molar-refractivity contribution < 1.29 is 4.79 Å². The summed E-state index contributed by atoms with van der Waals surface area (Å²) in [5, 5.41) is 2.90. The second-order valence-corrected chi connectivity index (χ2v) is 5.62. The fourth-order valence-corrected chi connectivity index (χ4v) is 2.12. The first-order chi connectivity index (χ1) is 9.02. The summed E-state index contributed by atoms with van der Waals surface area (Å²) in [7, 11) is 5.80. The van der Waals surface area contributed by atoms with Crippen LogP contribution < -0.4 is 5.32 Å². The van der Waals surface area contributed by atoms with Crippen LogP contribution in [-0.4, -0.2) is 56.3 Å². The summed E-state index contributed by atoms with van der Waals surface area (Å²) in [5.41, 5.74) is 1.15. The van der Waals surface area contributed by atoms with Crippen molar-refractivity contribution in [1.29, 1.82) is 0 Å². The maximum atomic E-state index is 11.9. The number of amides is 2. The maximum absolute atomic E-state index is 11.9. The lowest BCUT2D eigenvalue weighted by Crippen LogP contribution is -2.39. The van der Waals surface area contributed by atoms with Crippen LogP contribution in [0.15, 0.2) is 29.2 Å². The maximum Gasteiger partial charge on any atom is 0.317 e. The summed E-state index contributed by atoms with van der Waals surface area (Å²) in [5.74, 6) is 0. The first kappa shape index (κ1) is 15.9. The normalized spacial score (nSPS) is 10.6. The van der Waals surface area contributed by atoms with Gasteiger partial charge in [0, 0.05) is 31.6 Å².